The van der Waals surface area contributed by atoms with Crippen LogP contribution in [0.15, 0.2) is 44.5 Å². The van der Waals surface area contributed by atoms with Crippen LogP contribution in [-0.2, 0) is 14.8 Å². The third-order valence-electron chi connectivity index (χ3n) is 5.84. The molecule has 9 heteroatoms. The van der Waals surface area contributed by atoms with Gasteiger partial charge in [-0.05, 0) is 62.4 Å². The Kier molecular flexibility index (Phi) is 6.38. The average Bonchev–Trinajstić information content (AvgIpc) is 3.52. The topological polar surface area (TPSA) is 82.9 Å². The Morgan fingerprint density at radius 1 is 1.17 bits per heavy atom. The Labute approximate surface area is 175 Å². The number of likely N-dealkylation sites (tertiary alicyclic amines) is 1. The third kappa shape index (κ3) is 4.58. The minimum atomic E-state index is -3.43. The molecule has 2 saturated heterocycles. The molecule has 7 nitrogen and oxygen atoms in total. The molecule has 4 heterocycles. The Bertz CT molecular complexity index is 882. The number of rotatable bonds is 7. The summed E-state index contributed by atoms with van der Waals surface area (Å²) in [4.78, 5) is 15.1. The van der Waals surface area contributed by atoms with Crippen molar-refractivity contribution in [1.29, 1.82) is 0 Å². The van der Waals surface area contributed by atoms with Crippen molar-refractivity contribution in [1.82, 2.24) is 14.5 Å². The highest BCUT2D eigenvalue weighted by Gasteiger charge is 2.33. The Balaban J connectivity index is 1.31. The zero-order valence-electron chi connectivity index (χ0n) is 16.3. The van der Waals surface area contributed by atoms with Gasteiger partial charge in [-0.2, -0.15) is 4.31 Å². The summed E-state index contributed by atoms with van der Waals surface area (Å²) < 4.78 is 32.7. The molecular weight excluding hydrogens is 410 g/mol. The van der Waals surface area contributed by atoms with Crippen LogP contribution in [0.3, 0.4) is 0 Å². The molecule has 2 fully saturated rings. The summed E-state index contributed by atoms with van der Waals surface area (Å²) in [5, 5.41) is 4.86. The first-order valence-corrected chi connectivity index (χ1v) is 12.5. The highest BCUT2D eigenvalue weighted by atomic mass is 32.2. The van der Waals surface area contributed by atoms with Crippen molar-refractivity contribution in [3.63, 3.8) is 0 Å². The van der Waals surface area contributed by atoms with Crippen molar-refractivity contribution in [3.8, 4) is 0 Å². The molecule has 1 atom stereocenters. The second-order valence-electron chi connectivity index (χ2n) is 7.63. The van der Waals surface area contributed by atoms with Gasteiger partial charge in [-0.3, -0.25) is 9.69 Å². The summed E-state index contributed by atoms with van der Waals surface area (Å²) in [6, 6.07) is 7.27. The summed E-state index contributed by atoms with van der Waals surface area (Å²) in [6.07, 6.45) is 5.10. The van der Waals surface area contributed by atoms with Crippen molar-refractivity contribution in [2.24, 2.45) is 5.92 Å². The number of hydrogen-bond donors (Lipinski definition) is 1. The van der Waals surface area contributed by atoms with Gasteiger partial charge in [0, 0.05) is 25.6 Å². The number of nitrogens with zero attached hydrogens (tertiary/aromatic N) is 2. The quantitative estimate of drug-likeness (QED) is 0.720. The first-order valence-electron chi connectivity index (χ1n) is 10.1. The van der Waals surface area contributed by atoms with Crippen LogP contribution in [0, 0.1) is 5.92 Å². The lowest BCUT2D eigenvalue weighted by molar-refractivity contribution is -0.126. The minimum absolute atomic E-state index is 0.00826. The van der Waals surface area contributed by atoms with E-state index in [-0.39, 0.29) is 17.9 Å². The maximum absolute atomic E-state index is 12.7. The van der Waals surface area contributed by atoms with Crippen LogP contribution >= 0.6 is 11.3 Å². The normalized spacial score (nSPS) is 20.7. The number of amides is 1. The fourth-order valence-electron chi connectivity index (χ4n) is 4.18. The Morgan fingerprint density at radius 3 is 2.55 bits per heavy atom. The van der Waals surface area contributed by atoms with Crippen LogP contribution in [0.5, 0.6) is 0 Å². The van der Waals surface area contributed by atoms with Gasteiger partial charge in [0.05, 0.1) is 12.3 Å². The van der Waals surface area contributed by atoms with Gasteiger partial charge in [-0.1, -0.05) is 6.07 Å². The lowest BCUT2D eigenvalue weighted by atomic mass is 9.97. The van der Waals surface area contributed by atoms with Gasteiger partial charge < -0.3 is 9.73 Å². The molecule has 1 N–H and O–H groups in total. The van der Waals surface area contributed by atoms with E-state index in [9.17, 15) is 13.2 Å². The summed E-state index contributed by atoms with van der Waals surface area (Å²) in [5.74, 6) is 0.735. The number of thiophene rings is 1. The van der Waals surface area contributed by atoms with E-state index >= 15 is 0 Å². The van der Waals surface area contributed by atoms with Crippen LogP contribution < -0.4 is 5.32 Å². The van der Waals surface area contributed by atoms with Crippen LogP contribution in [0.25, 0.3) is 0 Å². The van der Waals surface area contributed by atoms with E-state index in [1.807, 2.05) is 12.1 Å². The molecule has 2 aromatic heterocycles. The van der Waals surface area contributed by atoms with Crippen molar-refractivity contribution < 1.29 is 17.6 Å². The van der Waals surface area contributed by atoms with Gasteiger partial charge in [-0.15, -0.1) is 11.3 Å². The van der Waals surface area contributed by atoms with Crippen LogP contribution in [0.1, 0.15) is 37.5 Å². The molecule has 0 spiro atoms. The predicted octanol–water partition coefficient (Wildman–Crippen LogP) is 2.70. The second kappa shape index (κ2) is 8.99. The lowest BCUT2D eigenvalue weighted by Crippen LogP contribution is -2.44. The lowest BCUT2D eigenvalue weighted by Gasteiger charge is -2.31. The second-order valence-corrected chi connectivity index (χ2v) is 10.7. The number of hydrogen-bond acceptors (Lipinski definition) is 6. The molecule has 29 heavy (non-hydrogen) atoms. The number of sulfonamides is 1. The van der Waals surface area contributed by atoms with E-state index in [4.69, 9.17) is 4.42 Å². The van der Waals surface area contributed by atoms with Crippen LogP contribution in [0.4, 0.5) is 0 Å². The van der Waals surface area contributed by atoms with E-state index in [0.717, 1.165) is 18.8 Å². The van der Waals surface area contributed by atoms with Gasteiger partial charge in [-0.25, -0.2) is 8.42 Å². The molecule has 2 aromatic rings. The van der Waals surface area contributed by atoms with E-state index in [2.05, 4.69) is 10.2 Å². The van der Waals surface area contributed by atoms with Crippen molar-refractivity contribution in [2.75, 3.05) is 32.7 Å². The zero-order valence-corrected chi connectivity index (χ0v) is 18.0. The van der Waals surface area contributed by atoms with Gasteiger partial charge in [0.2, 0.25) is 5.91 Å². The SMILES string of the molecule is O=C(NCC(c1ccco1)N1CCCC1)C1CCN(S(=O)(=O)c2cccs2)CC1. The number of carbonyl (C=O) groups is 1. The summed E-state index contributed by atoms with van der Waals surface area (Å²) in [7, 11) is -3.43. The number of furan rings is 1. The monoisotopic (exact) mass is 437 g/mol. The molecule has 0 aromatic carbocycles. The highest BCUT2D eigenvalue weighted by Crippen LogP contribution is 2.28. The van der Waals surface area contributed by atoms with E-state index in [1.54, 1.807) is 23.8 Å². The molecule has 2 aliphatic heterocycles. The molecule has 0 aliphatic carbocycles. The van der Waals surface area contributed by atoms with E-state index in [1.165, 1.54) is 28.5 Å². The predicted molar refractivity (Wildman–Crippen MR) is 111 cm³/mol. The van der Waals surface area contributed by atoms with Crippen LogP contribution in [-0.4, -0.2) is 56.3 Å². The van der Waals surface area contributed by atoms with Gasteiger partial charge in [0.1, 0.15) is 9.97 Å². The number of carbonyl (C=O) groups excluding carboxylic acids is 1. The highest BCUT2D eigenvalue weighted by molar-refractivity contribution is 7.91. The molecule has 0 radical (unpaired) electrons. The fraction of sp³-hybridized carbons (Fsp3) is 0.550. The molecular formula is C20H27N3O4S2. The summed E-state index contributed by atoms with van der Waals surface area (Å²) in [5.41, 5.74) is 0. The van der Waals surface area contributed by atoms with E-state index < -0.39 is 10.0 Å². The van der Waals surface area contributed by atoms with Gasteiger partial charge >= 0.3 is 0 Å². The first-order chi connectivity index (χ1) is 14.1. The van der Waals surface area contributed by atoms with Crippen molar-refractivity contribution in [3.05, 3.63) is 41.7 Å². The van der Waals surface area contributed by atoms with Crippen molar-refractivity contribution in [2.45, 2.75) is 35.9 Å². The molecule has 158 valence electrons. The maximum atomic E-state index is 12.7. The van der Waals surface area contributed by atoms with Gasteiger partial charge in [0.25, 0.3) is 10.0 Å². The number of nitrogens with one attached hydrogen (secondary N) is 1. The zero-order chi connectivity index (χ0) is 20.3. The molecule has 0 bridgehead atoms. The number of piperidine rings is 1. The molecule has 1 unspecified atom stereocenters. The Morgan fingerprint density at radius 2 is 1.93 bits per heavy atom. The van der Waals surface area contributed by atoms with E-state index in [0.29, 0.717) is 36.7 Å². The largest absolute Gasteiger partial charge is 0.468 e. The first kappa shape index (κ1) is 20.6. The molecule has 0 saturated carbocycles. The standard InChI is InChI=1S/C20H27N3O4S2/c24-20(21-15-17(18-5-3-13-27-18)22-9-1-2-10-22)16-7-11-23(12-8-16)29(25,26)19-6-4-14-28-19/h3-6,13-14,16-17H,1-2,7-12,15H2,(H,21,24). The molecule has 1 amide bonds. The molecule has 2 aliphatic rings. The maximum Gasteiger partial charge on any atom is 0.252 e. The van der Waals surface area contributed by atoms with Gasteiger partial charge in [0.15, 0.2) is 0 Å². The third-order valence-corrected chi connectivity index (χ3v) is 9.11. The Hall–Kier alpha value is -1.68. The smallest absolute Gasteiger partial charge is 0.252 e. The summed E-state index contributed by atoms with van der Waals surface area (Å²) >= 11 is 1.23. The average molecular weight is 438 g/mol. The van der Waals surface area contributed by atoms with Crippen LogP contribution in [0.2, 0.25) is 0 Å². The summed E-state index contributed by atoms with van der Waals surface area (Å²) in [6.45, 7) is 3.30. The molecule has 4 rings (SSSR count). The fourth-order valence-corrected chi connectivity index (χ4v) is 6.80. The van der Waals surface area contributed by atoms with Crippen molar-refractivity contribution >= 4 is 27.3 Å². The minimum Gasteiger partial charge on any atom is -0.468 e.